The molecule has 0 N–H and O–H groups in total. The Morgan fingerprint density at radius 1 is 0.469 bits per heavy atom. The van der Waals surface area contributed by atoms with Crippen LogP contribution in [-0.2, 0) is 32.5 Å². The Bertz CT molecular complexity index is 3550. The highest BCUT2D eigenvalue weighted by atomic mass is 15.0. The molecule has 15 rings (SSSR count). The highest BCUT2D eigenvalue weighted by Crippen LogP contribution is 2.71. The van der Waals surface area contributed by atoms with Crippen LogP contribution in [0.3, 0.4) is 0 Å². The lowest BCUT2D eigenvalue weighted by molar-refractivity contribution is 0.227. The van der Waals surface area contributed by atoms with Crippen molar-refractivity contribution in [3.8, 4) is 0 Å². The SMILES string of the molecule is Cc1c2c3cc4c(c5c6c7c(ncc6n(c2c(C)c2c6cc8c(c9c%10c%11c(ncc%10n(c12)c69)C1(C)CCC%11C1(C)C)C(C)(C)CC8(C)C)c35)C1(C)CCC7C1(C)C)C(C)(C)CC4(C)C. The molecule has 0 amide bonds. The lowest BCUT2D eigenvalue weighted by Gasteiger charge is -2.34. The fourth-order valence-corrected chi connectivity index (χ4v) is 18.9. The molecule has 0 radical (unpaired) electrons. The Hall–Kier alpha value is -4.44. The zero-order valence-corrected chi connectivity index (χ0v) is 41.5. The van der Waals surface area contributed by atoms with Gasteiger partial charge in [-0.3, -0.25) is 9.97 Å². The van der Waals surface area contributed by atoms with Crippen molar-refractivity contribution in [2.75, 3.05) is 0 Å². The maximum Gasteiger partial charge on any atom is 0.0728 e. The average Bonchev–Trinajstić information content (AvgIpc) is 4.07. The van der Waals surface area contributed by atoms with E-state index in [1.807, 2.05) is 0 Å². The second kappa shape index (κ2) is 9.96. The predicted molar refractivity (Wildman–Crippen MR) is 268 cm³/mol. The van der Waals surface area contributed by atoms with Gasteiger partial charge in [-0.1, -0.05) is 96.9 Å². The first kappa shape index (κ1) is 37.7. The monoisotopic (exact) mass is 843 g/mol. The summed E-state index contributed by atoms with van der Waals surface area (Å²) >= 11 is 0. The molecule has 6 heterocycles. The van der Waals surface area contributed by atoms with Crippen molar-refractivity contribution in [1.29, 1.82) is 0 Å². The van der Waals surface area contributed by atoms with Gasteiger partial charge in [-0.05, 0) is 153 Å². The van der Waals surface area contributed by atoms with Crippen LogP contribution in [0.1, 0.15) is 203 Å². The van der Waals surface area contributed by atoms with Gasteiger partial charge in [-0.15, -0.1) is 0 Å². The van der Waals surface area contributed by atoms with E-state index in [9.17, 15) is 0 Å². The molecule has 4 unspecified atom stereocenters. The molecule has 0 saturated heterocycles. The van der Waals surface area contributed by atoms with Gasteiger partial charge in [0.2, 0.25) is 0 Å². The molecule has 6 aliphatic rings. The molecule has 4 atom stereocenters. The number of nitrogens with zero attached hydrogens (tertiary/aromatic N) is 4. The van der Waals surface area contributed by atoms with E-state index in [0.717, 1.165) is 12.8 Å². The van der Waals surface area contributed by atoms with Crippen LogP contribution in [0.2, 0.25) is 0 Å². The molecule has 6 aliphatic carbocycles. The summed E-state index contributed by atoms with van der Waals surface area (Å²) in [6, 6.07) is 5.38. The molecule has 4 bridgehead atoms. The van der Waals surface area contributed by atoms with Gasteiger partial charge < -0.3 is 8.80 Å². The minimum absolute atomic E-state index is 0.0538. The van der Waals surface area contributed by atoms with Crippen LogP contribution in [-0.4, -0.2) is 18.8 Å². The normalized spacial score (nSPS) is 29.4. The van der Waals surface area contributed by atoms with Gasteiger partial charge >= 0.3 is 0 Å². The van der Waals surface area contributed by atoms with Gasteiger partial charge in [0.1, 0.15) is 0 Å². The predicted octanol–water partition coefficient (Wildman–Crippen LogP) is 15.7. The zero-order valence-electron chi connectivity index (χ0n) is 41.5. The first-order chi connectivity index (χ1) is 29.8. The van der Waals surface area contributed by atoms with E-state index < -0.39 is 0 Å². The van der Waals surface area contributed by atoms with Crippen LogP contribution in [0.25, 0.3) is 76.2 Å². The van der Waals surface area contributed by atoms with E-state index in [1.54, 1.807) is 44.2 Å². The summed E-state index contributed by atoms with van der Waals surface area (Å²) in [4.78, 5) is 11.2. The number of hydrogen-bond donors (Lipinski definition) is 0. The topological polar surface area (TPSA) is 34.6 Å². The van der Waals surface area contributed by atoms with Crippen molar-refractivity contribution in [3.63, 3.8) is 0 Å². The number of pyridine rings is 2. The van der Waals surface area contributed by atoms with Gasteiger partial charge in [0, 0.05) is 53.9 Å². The highest BCUT2D eigenvalue weighted by molar-refractivity contribution is 6.33. The number of fused-ring (bicyclic) bond motifs is 28. The molecule has 3 aromatic carbocycles. The number of aromatic nitrogens is 4. The molecule has 0 spiro atoms. The summed E-state index contributed by atoms with van der Waals surface area (Å²) < 4.78 is 5.51. The van der Waals surface area contributed by atoms with Crippen molar-refractivity contribution < 1.29 is 0 Å². The summed E-state index contributed by atoms with van der Waals surface area (Å²) in [7, 11) is 0. The average molecular weight is 843 g/mol. The summed E-state index contributed by atoms with van der Waals surface area (Å²) in [5, 5.41) is 11.9. The maximum atomic E-state index is 5.61. The smallest absolute Gasteiger partial charge is 0.0728 e. The Morgan fingerprint density at radius 3 is 1.22 bits per heavy atom. The van der Waals surface area contributed by atoms with Crippen LogP contribution in [0, 0.1) is 24.7 Å². The van der Waals surface area contributed by atoms with Gasteiger partial charge in [0.05, 0.1) is 56.9 Å². The quantitative estimate of drug-likeness (QED) is 0.152. The van der Waals surface area contributed by atoms with Gasteiger partial charge in [-0.25, -0.2) is 0 Å². The van der Waals surface area contributed by atoms with Crippen LogP contribution in [0.4, 0.5) is 0 Å². The van der Waals surface area contributed by atoms with Crippen LogP contribution in [0.15, 0.2) is 24.5 Å². The third-order valence-electron chi connectivity index (χ3n) is 21.9. The molecule has 4 nitrogen and oxygen atoms in total. The maximum absolute atomic E-state index is 5.61. The Kier molecular flexibility index (Phi) is 5.88. The van der Waals surface area contributed by atoms with E-state index in [1.165, 1.54) is 114 Å². The van der Waals surface area contributed by atoms with Crippen molar-refractivity contribution in [2.24, 2.45) is 10.8 Å². The first-order valence-corrected chi connectivity index (χ1v) is 25.1. The minimum atomic E-state index is 0.0538. The van der Waals surface area contributed by atoms with E-state index in [2.05, 4.69) is 144 Å². The van der Waals surface area contributed by atoms with Crippen LogP contribution < -0.4 is 0 Å². The lowest BCUT2D eigenvalue weighted by atomic mass is 9.70. The largest absolute Gasteiger partial charge is 0.306 e. The highest BCUT2D eigenvalue weighted by Gasteiger charge is 2.63. The summed E-state index contributed by atoms with van der Waals surface area (Å²) in [6.45, 7) is 40.5. The first-order valence-electron chi connectivity index (χ1n) is 25.1. The Morgan fingerprint density at radius 2 is 0.844 bits per heavy atom. The molecule has 6 aromatic heterocycles. The van der Waals surface area contributed by atoms with E-state index >= 15 is 0 Å². The molecule has 0 aliphatic heterocycles. The molecule has 326 valence electrons. The molecule has 9 aromatic rings. The molecule has 2 saturated carbocycles. The molecule has 2 fully saturated rings. The molecule has 4 heteroatoms. The molecule has 64 heavy (non-hydrogen) atoms. The van der Waals surface area contributed by atoms with Gasteiger partial charge in [0.25, 0.3) is 0 Å². The van der Waals surface area contributed by atoms with Crippen molar-refractivity contribution in [2.45, 2.75) is 194 Å². The van der Waals surface area contributed by atoms with Crippen LogP contribution >= 0.6 is 0 Å². The number of benzene rings is 3. The standard InChI is InChI=1S/C60H66N4/c1-27-37-29-21-33-45(55(7,8)25-53(33,3)4)43-42-36(24-62-52-40(42)32-18-20-60(52,16)58(32,13)14)64(49(29)43)48(37)28(2)38-30-22-34-46(56(9,10)26-54(34,5)6)44-41-35(63(47(27)38)50(30)44)23-61-51-39(41)31-17-19-59(51,15)57(31,11)12/h21-24,31-32H,17-20,25-26H2,1-16H3. The van der Waals surface area contributed by atoms with Crippen molar-refractivity contribution in [3.05, 3.63) is 80.4 Å². The fraction of sp³-hybridized carbons (Fsp3) is 0.533. The summed E-state index contributed by atoms with van der Waals surface area (Å²) in [5.74, 6) is 1.04. The van der Waals surface area contributed by atoms with E-state index in [-0.39, 0.29) is 43.3 Å². The Labute approximate surface area is 378 Å². The van der Waals surface area contributed by atoms with E-state index in [0.29, 0.717) is 11.8 Å². The zero-order chi connectivity index (χ0) is 44.7. The lowest BCUT2D eigenvalue weighted by Crippen LogP contribution is -2.31. The third-order valence-corrected chi connectivity index (χ3v) is 21.9. The van der Waals surface area contributed by atoms with Crippen molar-refractivity contribution in [1.82, 2.24) is 18.8 Å². The molecular formula is C60H66N4. The number of hydrogen-bond acceptors (Lipinski definition) is 2. The van der Waals surface area contributed by atoms with Crippen LogP contribution in [0.5, 0.6) is 0 Å². The number of rotatable bonds is 0. The summed E-state index contributed by atoms with van der Waals surface area (Å²) in [6.07, 6.45) is 11.9. The third kappa shape index (κ3) is 3.43. The Balaban J connectivity index is 1.20. The minimum Gasteiger partial charge on any atom is -0.306 e. The second-order valence-corrected chi connectivity index (χ2v) is 27.2. The number of aryl methyl sites for hydroxylation is 2. The van der Waals surface area contributed by atoms with Crippen molar-refractivity contribution >= 4 is 76.2 Å². The summed E-state index contributed by atoms with van der Waals surface area (Å²) in [5.41, 5.74) is 24.2. The van der Waals surface area contributed by atoms with Gasteiger partial charge in [-0.2, -0.15) is 0 Å². The van der Waals surface area contributed by atoms with E-state index in [4.69, 9.17) is 9.97 Å². The van der Waals surface area contributed by atoms with Gasteiger partial charge in [0.15, 0.2) is 0 Å². The fourth-order valence-electron chi connectivity index (χ4n) is 18.9. The molecular weight excluding hydrogens is 777 g/mol. The second-order valence-electron chi connectivity index (χ2n) is 27.2.